The van der Waals surface area contributed by atoms with Crippen molar-refractivity contribution in [3.05, 3.63) is 35.9 Å². The predicted octanol–water partition coefficient (Wildman–Crippen LogP) is 1.15. The molecule has 0 bridgehead atoms. The molecule has 1 fully saturated rings. The lowest BCUT2D eigenvalue weighted by atomic mass is 10.1. The van der Waals surface area contributed by atoms with Gasteiger partial charge in [-0.3, -0.25) is 0 Å². The number of benzene rings is 1. The van der Waals surface area contributed by atoms with Gasteiger partial charge in [0.05, 0.1) is 19.3 Å². The Morgan fingerprint density at radius 1 is 1.50 bits per heavy atom. The van der Waals surface area contributed by atoms with Gasteiger partial charge in [0.25, 0.3) is 0 Å². The molecule has 12 heavy (non-hydrogen) atoms. The molecule has 0 aromatic heterocycles. The zero-order chi connectivity index (χ0) is 8.23. The molecule has 0 amide bonds. The van der Waals surface area contributed by atoms with Gasteiger partial charge in [-0.15, -0.1) is 0 Å². The molecular formula is C10H12NO. The van der Waals surface area contributed by atoms with Crippen molar-refractivity contribution in [3.63, 3.8) is 0 Å². The Morgan fingerprint density at radius 2 is 2.50 bits per heavy atom. The number of rotatable bonds is 1. The summed E-state index contributed by atoms with van der Waals surface area (Å²) in [4.78, 5) is 0. The molecule has 1 unspecified atom stereocenters. The van der Waals surface area contributed by atoms with E-state index in [-0.39, 0.29) is 0 Å². The Hall–Kier alpha value is -0.860. The number of morpholine rings is 1. The van der Waals surface area contributed by atoms with E-state index in [1.807, 2.05) is 18.2 Å². The first kappa shape index (κ1) is 7.77. The van der Waals surface area contributed by atoms with Crippen LogP contribution in [0.15, 0.2) is 24.3 Å². The topological polar surface area (TPSA) is 21.3 Å². The molecule has 2 nitrogen and oxygen atoms in total. The molecule has 2 heteroatoms. The van der Waals surface area contributed by atoms with E-state index in [1.54, 1.807) is 0 Å². The van der Waals surface area contributed by atoms with Crippen LogP contribution in [-0.2, 0) is 4.74 Å². The van der Waals surface area contributed by atoms with Crippen LogP contribution >= 0.6 is 0 Å². The Balaban J connectivity index is 2.08. The predicted molar refractivity (Wildman–Crippen MR) is 46.8 cm³/mol. The second-order valence-electron chi connectivity index (χ2n) is 2.90. The van der Waals surface area contributed by atoms with E-state index in [4.69, 9.17) is 4.74 Å². The van der Waals surface area contributed by atoms with Crippen LogP contribution in [0.1, 0.15) is 11.6 Å². The molecule has 0 spiro atoms. The van der Waals surface area contributed by atoms with Gasteiger partial charge >= 0.3 is 0 Å². The first-order chi connectivity index (χ1) is 5.97. The minimum Gasteiger partial charge on any atom is -0.378 e. The standard InChI is InChI=1S/C10H12NO/c1-2-4-9(5-3-1)10-8-12-7-6-11-10/h1-4,10-11H,6-8H2. The van der Waals surface area contributed by atoms with E-state index in [0.717, 1.165) is 19.8 Å². The molecule has 0 aliphatic carbocycles. The van der Waals surface area contributed by atoms with Crippen molar-refractivity contribution in [1.29, 1.82) is 0 Å². The zero-order valence-electron chi connectivity index (χ0n) is 6.92. The largest absolute Gasteiger partial charge is 0.378 e. The van der Waals surface area contributed by atoms with Gasteiger partial charge in [0.2, 0.25) is 0 Å². The average Bonchev–Trinajstić information content (AvgIpc) is 2.21. The summed E-state index contributed by atoms with van der Waals surface area (Å²) >= 11 is 0. The lowest BCUT2D eigenvalue weighted by Crippen LogP contribution is -2.34. The lowest BCUT2D eigenvalue weighted by molar-refractivity contribution is 0.0768. The van der Waals surface area contributed by atoms with Gasteiger partial charge in [-0.2, -0.15) is 0 Å². The number of nitrogens with one attached hydrogen (secondary N) is 1. The van der Waals surface area contributed by atoms with Gasteiger partial charge in [0, 0.05) is 6.54 Å². The van der Waals surface area contributed by atoms with Crippen molar-refractivity contribution in [2.45, 2.75) is 6.04 Å². The molecular weight excluding hydrogens is 150 g/mol. The Bertz CT molecular complexity index is 229. The van der Waals surface area contributed by atoms with Crippen LogP contribution in [0, 0.1) is 6.07 Å². The summed E-state index contributed by atoms with van der Waals surface area (Å²) < 4.78 is 5.35. The lowest BCUT2D eigenvalue weighted by Gasteiger charge is -2.23. The summed E-state index contributed by atoms with van der Waals surface area (Å²) in [6, 6.07) is 11.5. The summed E-state index contributed by atoms with van der Waals surface area (Å²) in [5, 5.41) is 3.38. The third-order valence-electron chi connectivity index (χ3n) is 2.03. The van der Waals surface area contributed by atoms with E-state index >= 15 is 0 Å². The highest BCUT2D eigenvalue weighted by atomic mass is 16.5. The van der Waals surface area contributed by atoms with Crippen molar-refractivity contribution >= 4 is 0 Å². The van der Waals surface area contributed by atoms with Crippen LogP contribution in [0.3, 0.4) is 0 Å². The minimum atomic E-state index is 0.333. The van der Waals surface area contributed by atoms with Crippen LogP contribution in [-0.4, -0.2) is 19.8 Å². The summed E-state index contributed by atoms with van der Waals surface area (Å²) in [6.07, 6.45) is 0. The molecule has 1 aromatic carbocycles. The van der Waals surface area contributed by atoms with Crippen molar-refractivity contribution in [1.82, 2.24) is 5.32 Å². The summed E-state index contributed by atoms with van der Waals surface area (Å²) in [7, 11) is 0. The first-order valence-corrected chi connectivity index (χ1v) is 4.24. The smallest absolute Gasteiger partial charge is 0.0662 e. The van der Waals surface area contributed by atoms with E-state index in [9.17, 15) is 0 Å². The van der Waals surface area contributed by atoms with E-state index in [2.05, 4.69) is 17.4 Å². The van der Waals surface area contributed by atoms with Gasteiger partial charge in [0.1, 0.15) is 0 Å². The molecule has 1 aliphatic rings. The molecule has 1 saturated heterocycles. The van der Waals surface area contributed by atoms with Crippen LogP contribution in [0.5, 0.6) is 0 Å². The van der Waals surface area contributed by atoms with E-state index < -0.39 is 0 Å². The van der Waals surface area contributed by atoms with Crippen molar-refractivity contribution in [3.8, 4) is 0 Å². The molecule has 1 radical (unpaired) electrons. The second kappa shape index (κ2) is 3.70. The number of hydrogen-bond donors (Lipinski definition) is 1. The SMILES string of the molecule is [c]1ccccc1C1COCCN1. The van der Waals surface area contributed by atoms with Gasteiger partial charge in [-0.1, -0.05) is 24.3 Å². The van der Waals surface area contributed by atoms with Crippen LogP contribution in [0.4, 0.5) is 0 Å². The highest BCUT2D eigenvalue weighted by Crippen LogP contribution is 2.13. The fourth-order valence-corrected chi connectivity index (χ4v) is 1.39. The molecule has 1 aliphatic heterocycles. The maximum atomic E-state index is 5.35. The number of hydrogen-bond acceptors (Lipinski definition) is 2. The second-order valence-corrected chi connectivity index (χ2v) is 2.90. The highest BCUT2D eigenvalue weighted by molar-refractivity contribution is 5.17. The fraction of sp³-hybridized carbons (Fsp3) is 0.400. The summed E-state index contributed by atoms with van der Waals surface area (Å²) in [6.45, 7) is 2.53. The molecule has 1 aromatic rings. The third kappa shape index (κ3) is 1.65. The molecule has 1 N–H and O–H groups in total. The Morgan fingerprint density at radius 3 is 3.17 bits per heavy atom. The summed E-state index contributed by atoms with van der Waals surface area (Å²) in [5.74, 6) is 0. The molecule has 1 atom stereocenters. The number of ether oxygens (including phenoxy) is 1. The monoisotopic (exact) mass is 162 g/mol. The Labute approximate surface area is 72.5 Å². The third-order valence-corrected chi connectivity index (χ3v) is 2.03. The quantitative estimate of drug-likeness (QED) is 0.668. The zero-order valence-corrected chi connectivity index (χ0v) is 6.92. The molecule has 1 heterocycles. The summed E-state index contributed by atoms with van der Waals surface area (Å²) in [5.41, 5.74) is 1.19. The van der Waals surface area contributed by atoms with Crippen LogP contribution in [0.25, 0.3) is 0 Å². The van der Waals surface area contributed by atoms with Gasteiger partial charge in [-0.05, 0) is 11.6 Å². The van der Waals surface area contributed by atoms with Crippen molar-refractivity contribution in [2.24, 2.45) is 0 Å². The minimum absolute atomic E-state index is 0.333. The Kier molecular flexibility index (Phi) is 2.39. The highest BCUT2D eigenvalue weighted by Gasteiger charge is 2.13. The van der Waals surface area contributed by atoms with Gasteiger partial charge in [0.15, 0.2) is 0 Å². The van der Waals surface area contributed by atoms with Crippen molar-refractivity contribution in [2.75, 3.05) is 19.8 Å². The molecule has 0 saturated carbocycles. The van der Waals surface area contributed by atoms with Gasteiger partial charge < -0.3 is 10.1 Å². The molecule has 63 valence electrons. The van der Waals surface area contributed by atoms with Crippen molar-refractivity contribution < 1.29 is 4.74 Å². The maximum Gasteiger partial charge on any atom is 0.0662 e. The van der Waals surface area contributed by atoms with Gasteiger partial charge in [-0.25, -0.2) is 0 Å². The fourth-order valence-electron chi connectivity index (χ4n) is 1.39. The average molecular weight is 162 g/mol. The van der Waals surface area contributed by atoms with Crippen LogP contribution in [0.2, 0.25) is 0 Å². The molecule has 2 rings (SSSR count). The van der Waals surface area contributed by atoms with Crippen LogP contribution < -0.4 is 5.32 Å². The normalized spacial score (nSPS) is 23.8. The van der Waals surface area contributed by atoms with E-state index in [1.165, 1.54) is 5.56 Å². The first-order valence-electron chi connectivity index (χ1n) is 4.24. The maximum absolute atomic E-state index is 5.35. The van der Waals surface area contributed by atoms with E-state index in [0.29, 0.717) is 6.04 Å².